The van der Waals surface area contributed by atoms with Crippen molar-refractivity contribution in [3.05, 3.63) is 61.4 Å². The van der Waals surface area contributed by atoms with Crippen LogP contribution in [0.15, 0.2) is 27.8 Å². The Morgan fingerprint density at radius 2 is 1.86 bits per heavy atom. The summed E-state index contributed by atoms with van der Waals surface area (Å²) in [6.07, 6.45) is 1.34. The molecule has 2 N–H and O–H groups in total. The van der Waals surface area contributed by atoms with Crippen molar-refractivity contribution < 1.29 is 14.3 Å². The number of nitrogens with zero attached hydrogens (tertiary/aromatic N) is 1. The lowest BCUT2D eigenvalue weighted by Crippen LogP contribution is -2.52. The van der Waals surface area contributed by atoms with E-state index in [0.717, 1.165) is 5.56 Å². The molecule has 8 heteroatoms. The number of aromatic nitrogens is 2. The topological polar surface area (TPSA) is 112 Å². The third-order valence-corrected chi connectivity index (χ3v) is 5.85. The normalized spacial score (nSPS) is 17.7. The summed E-state index contributed by atoms with van der Waals surface area (Å²) in [6, 6.07) is 5.62. The van der Waals surface area contributed by atoms with Crippen LogP contribution in [0, 0.1) is 13.8 Å². The van der Waals surface area contributed by atoms with E-state index < -0.39 is 16.9 Å². The molecule has 8 nitrogen and oxygen atoms in total. The fourth-order valence-electron chi connectivity index (χ4n) is 4.15. The molecule has 1 amide bonds. The van der Waals surface area contributed by atoms with Crippen molar-refractivity contribution in [1.29, 1.82) is 0 Å². The molecule has 1 spiro atoms. The highest BCUT2D eigenvalue weighted by Crippen LogP contribution is 2.39. The van der Waals surface area contributed by atoms with Crippen molar-refractivity contribution in [2.75, 3.05) is 13.1 Å². The highest BCUT2D eigenvalue weighted by Gasteiger charge is 2.43. The van der Waals surface area contributed by atoms with Gasteiger partial charge in [0, 0.05) is 37.2 Å². The van der Waals surface area contributed by atoms with E-state index >= 15 is 0 Å². The minimum atomic E-state index is -0.585. The van der Waals surface area contributed by atoms with Crippen molar-refractivity contribution in [3.63, 3.8) is 0 Å². The Bertz CT molecular complexity index is 1110. The van der Waals surface area contributed by atoms with Crippen LogP contribution in [0.25, 0.3) is 0 Å². The van der Waals surface area contributed by atoms with Gasteiger partial charge >= 0.3 is 5.69 Å². The molecule has 1 aromatic carbocycles. The minimum absolute atomic E-state index is 0.0742. The molecule has 4 rings (SSSR count). The van der Waals surface area contributed by atoms with Gasteiger partial charge in [-0.1, -0.05) is 11.6 Å². The SMILES string of the molecule is Cc1ccc2c(c1)C(=O)CC1(CCN(C(=O)Cc3c(C)[nH]c(=O)[nH]c3=O)CC1)O2. The zero-order valence-electron chi connectivity index (χ0n) is 16.5. The zero-order chi connectivity index (χ0) is 20.8. The first-order valence-corrected chi connectivity index (χ1v) is 9.69. The second-order valence-electron chi connectivity index (χ2n) is 7.95. The lowest BCUT2D eigenvalue weighted by molar-refractivity contribution is -0.134. The number of likely N-dealkylation sites (tertiary alicyclic amines) is 1. The highest BCUT2D eigenvalue weighted by molar-refractivity contribution is 6.00. The average molecular weight is 397 g/mol. The molecule has 2 aliphatic rings. The largest absolute Gasteiger partial charge is 0.486 e. The number of ketones is 1. The average Bonchev–Trinajstić information content (AvgIpc) is 2.66. The molecule has 29 heavy (non-hydrogen) atoms. The summed E-state index contributed by atoms with van der Waals surface area (Å²) in [4.78, 5) is 55.0. The molecular formula is C21H23N3O5. The number of piperidine rings is 1. The molecule has 0 bridgehead atoms. The van der Waals surface area contributed by atoms with Gasteiger partial charge in [0.05, 0.1) is 18.4 Å². The smallest absolute Gasteiger partial charge is 0.325 e. The van der Waals surface area contributed by atoms with Crippen LogP contribution in [0.5, 0.6) is 5.75 Å². The molecule has 1 aromatic heterocycles. The van der Waals surface area contributed by atoms with Crippen molar-refractivity contribution in [1.82, 2.24) is 14.9 Å². The summed E-state index contributed by atoms with van der Waals surface area (Å²) in [5.74, 6) is 0.505. The Morgan fingerprint density at radius 3 is 2.55 bits per heavy atom. The maximum absolute atomic E-state index is 12.7. The minimum Gasteiger partial charge on any atom is -0.486 e. The molecule has 2 aromatic rings. The second kappa shape index (κ2) is 7.02. The Morgan fingerprint density at radius 1 is 1.14 bits per heavy atom. The maximum atomic E-state index is 12.7. The van der Waals surface area contributed by atoms with Gasteiger partial charge in [0.15, 0.2) is 5.78 Å². The lowest BCUT2D eigenvalue weighted by Gasteiger charge is -2.44. The van der Waals surface area contributed by atoms with Crippen molar-refractivity contribution in [2.45, 2.75) is 45.1 Å². The Balaban J connectivity index is 1.45. The summed E-state index contributed by atoms with van der Waals surface area (Å²) >= 11 is 0. The Hall–Kier alpha value is -3.16. The molecular weight excluding hydrogens is 374 g/mol. The van der Waals surface area contributed by atoms with Crippen LogP contribution in [0.3, 0.4) is 0 Å². The number of fused-ring (bicyclic) bond motifs is 1. The molecule has 0 atom stereocenters. The number of hydrogen-bond donors (Lipinski definition) is 2. The van der Waals surface area contributed by atoms with Crippen LogP contribution in [0.1, 0.15) is 46.4 Å². The van der Waals surface area contributed by atoms with Crippen LogP contribution in [-0.4, -0.2) is 45.2 Å². The van der Waals surface area contributed by atoms with Crippen molar-refractivity contribution >= 4 is 11.7 Å². The van der Waals surface area contributed by atoms with E-state index in [1.807, 2.05) is 25.1 Å². The van der Waals surface area contributed by atoms with Crippen LogP contribution >= 0.6 is 0 Å². The van der Waals surface area contributed by atoms with Crippen LogP contribution in [-0.2, 0) is 11.2 Å². The summed E-state index contributed by atoms with van der Waals surface area (Å²) in [5.41, 5.74) is 0.601. The quantitative estimate of drug-likeness (QED) is 0.792. The number of H-pyrrole nitrogens is 2. The van der Waals surface area contributed by atoms with E-state index in [1.54, 1.807) is 11.8 Å². The summed E-state index contributed by atoms with van der Waals surface area (Å²) < 4.78 is 6.23. The monoisotopic (exact) mass is 397 g/mol. The molecule has 2 aliphatic heterocycles. The van der Waals surface area contributed by atoms with Gasteiger partial charge in [-0.3, -0.25) is 19.4 Å². The van der Waals surface area contributed by atoms with Gasteiger partial charge in [0.25, 0.3) is 5.56 Å². The molecule has 152 valence electrons. The zero-order valence-corrected chi connectivity index (χ0v) is 16.5. The van der Waals surface area contributed by atoms with E-state index in [0.29, 0.717) is 49.4 Å². The predicted molar refractivity (Wildman–Crippen MR) is 105 cm³/mol. The number of amides is 1. The molecule has 1 fully saturated rings. The fraction of sp³-hybridized carbons (Fsp3) is 0.429. The van der Waals surface area contributed by atoms with E-state index in [4.69, 9.17) is 4.74 Å². The fourth-order valence-corrected chi connectivity index (χ4v) is 4.15. The first-order chi connectivity index (χ1) is 13.8. The summed E-state index contributed by atoms with van der Waals surface area (Å²) in [5, 5.41) is 0. The Labute approximate surface area is 166 Å². The first-order valence-electron chi connectivity index (χ1n) is 9.69. The number of nitrogens with one attached hydrogen (secondary N) is 2. The van der Waals surface area contributed by atoms with Gasteiger partial charge in [-0.15, -0.1) is 0 Å². The van der Waals surface area contributed by atoms with Gasteiger partial charge in [-0.05, 0) is 26.0 Å². The van der Waals surface area contributed by atoms with Crippen LogP contribution in [0.2, 0.25) is 0 Å². The number of carbonyl (C=O) groups excluding carboxylic acids is 2. The van der Waals surface area contributed by atoms with Gasteiger partial charge in [-0.2, -0.15) is 0 Å². The first kappa shape index (κ1) is 19.2. The number of hydrogen-bond acceptors (Lipinski definition) is 5. The standard InChI is InChI=1S/C21H23N3O5/c1-12-3-4-17-15(9-12)16(25)11-21(29-17)5-7-24(8-6-21)18(26)10-14-13(2)22-20(28)23-19(14)27/h3-4,9H,5-8,10-11H2,1-2H3,(H2,22,23,27,28). The number of aryl methyl sites for hydroxylation is 2. The van der Waals surface area contributed by atoms with Crippen LogP contribution < -0.4 is 16.0 Å². The third kappa shape index (κ3) is 3.62. The van der Waals surface area contributed by atoms with Crippen molar-refractivity contribution in [3.8, 4) is 5.75 Å². The van der Waals surface area contributed by atoms with E-state index in [1.165, 1.54) is 0 Å². The van der Waals surface area contributed by atoms with Crippen molar-refractivity contribution in [2.24, 2.45) is 0 Å². The molecule has 0 saturated carbocycles. The Kier molecular flexibility index (Phi) is 4.64. The molecule has 0 radical (unpaired) electrons. The highest BCUT2D eigenvalue weighted by atomic mass is 16.5. The number of aromatic amines is 2. The third-order valence-electron chi connectivity index (χ3n) is 5.85. The summed E-state index contributed by atoms with van der Waals surface area (Å²) in [6.45, 7) is 4.45. The number of ether oxygens (including phenoxy) is 1. The molecule has 3 heterocycles. The number of carbonyl (C=O) groups is 2. The lowest BCUT2D eigenvalue weighted by atomic mass is 9.82. The van der Waals surface area contributed by atoms with Gasteiger partial charge < -0.3 is 14.6 Å². The summed E-state index contributed by atoms with van der Waals surface area (Å²) in [7, 11) is 0. The van der Waals surface area contributed by atoms with E-state index in [2.05, 4.69) is 9.97 Å². The predicted octanol–water partition coefficient (Wildman–Crippen LogP) is 1.25. The number of benzene rings is 1. The second-order valence-corrected chi connectivity index (χ2v) is 7.95. The molecule has 0 aliphatic carbocycles. The number of Topliss-reactive ketones (excluding diaryl/α,β-unsaturated/α-hetero) is 1. The van der Waals surface area contributed by atoms with E-state index in [-0.39, 0.29) is 23.7 Å². The molecule has 0 unspecified atom stereocenters. The maximum Gasteiger partial charge on any atom is 0.325 e. The molecule has 1 saturated heterocycles. The number of rotatable bonds is 2. The van der Waals surface area contributed by atoms with Gasteiger partial charge in [0.1, 0.15) is 11.4 Å². The van der Waals surface area contributed by atoms with Crippen LogP contribution in [0.4, 0.5) is 0 Å². The van der Waals surface area contributed by atoms with E-state index in [9.17, 15) is 19.2 Å². The van der Waals surface area contributed by atoms with Gasteiger partial charge in [0.2, 0.25) is 5.91 Å². The van der Waals surface area contributed by atoms with Gasteiger partial charge in [-0.25, -0.2) is 4.79 Å².